The van der Waals surface area contributed by atoms with Gasteiger partial charge in [0.05, 0.1) is 0 Å². The third-order valence-corrected chi connectivity index (χ3v) is 5.48. The van der Waals surface area contributed by atoms with E-state index < -0.39 is 0 Å². The van der Waals surface area contributed by atoms with Gasteiger partial charge in [-0.05, 0) is 29.4 Å². The van der Waals surface area contributed by atoms with Gasteiger partial charge in [-0.2, -0.15) is 0 Å². The van der Waals surface area contributed by atoms with E-state index in [1.54, 1.807) is 0 Å². The van der Waals surface area contributed by atoms with Gasteiger partial charge in [-0.3, -0.25) is 0 Å². The summed E-state index contributed by atoms with van der Waals surface area (Å²) < 4.78 is 0. The summed E-state index contributed by atoms with van der Waals surface area (Å²) in [6.07, 6.45) is 19.0. The Balaban J connectivity index is 2.05. The van der Waals surface area contributed by atoms with E-state index in [1.165, 1.54) is 83.5 Å². The van der Waals surface area contributed by atoms with Gasteiger partial charge in [-0.1, -0.05) is 123 Å². The van der Waals surface area contributed by atoms with E-state index in [-0.39, 0.29) is 5.41 Å². The minimum absolute atomic E-state index is 0.0100. The number of rotatable bonds is 14. The lowest BCUT2D eigenvalue weighted by Crippen LogP contribution is -2.11. The van der Waals surface area contributed by atoms with Crippen LogP contribution in [0.2, 0.25) is 0 Å². The molecule has 0 saturated heterocycles. The van der Waals surface area contributed by atoms with Gasteiger partial charge in [-0.15, -0.1) is 0 Å². The maximum atomic E-state index is 10.5. The van der Waals surface area contributed by atoms with Gasteiger partial charge < -0.3 is 5.11 Å². The fraction of sp³-hybridized carbons (Fsp3) is 0.760. The topological polar surface area (TPSA) is 20.2 Å². The number of hydrogen-bond acceptors (Lipinski definition) is 1. The average molecular weight is 361 g/mol. The van der Waals surface area contributed by atoms with E-state index in [9.17, 15) is 5.11 Å². The second kappa shape index (κ2) is 13.2. The lowest BCUT2D eigenvalue weighted by molar-refractivity contribution is 0.438. The SMILES string of the molecule is CCCCCCCCCCCCCCCc1cccc(C(C)(C)C)c1O. The molecule has 1 rings (SSSR count). The van der Waals surface area contributed by atoms with E-state index in [2.05, 4.69) is 45.9 Å². The molecule has 26 heavy (non-hydrogen) atoms. The largest absolute Gasteiger partial charge is 0.507 e. The first-order valence-electron chi connectivity index (χ1n) is 11.3. The minimum atomic E-state index is 0.0100. The Bertz CT molecular complexity index is 470. The van der Waals surface area contributed by atoms with Gasteiger partial charge in [0.25, 0.3) is 0 Å². The van der Waals surface area contributed by atoms with Crippen molar-refractivity contribution in [2.24, 2.45) is 0 Å². The number of benzene rings is 1. The zero-order valence-corrected chi connectivity index (χ0v) is 18.1. The molecule has 0 fully saturated rings. The smallest absolute Gasteiger partial charge is 0.122 e. The van der Waals surface area contributed by atoms with Crippen LogP contribution in [0.1, 0.15) is 122 Å². The molecule has 0 atom stereocenters. The molecule has 0 spiro atoms. The number of phenolic OH excluding ortho intramolecular Hbond substituents is 1. The summed E-state index contributed by atoms with van der Waals surface area (Å²) in [6, 6.07) is 6.24. The summed E-state index contributed by atoms with van der Waals surface area (Å²) in [4.78, 5) is 0. The molecule has 1 nitrogen and oxygen atoms in total. The van der Waals surface area contributed by atoms with Crippen molar-refractivity contribution in [1.82, 2.24) is 0 Å². The van der Waals surface area contributed by atoms with Crippen LogP contribution < -0.4 is 0 Å². The van der Waals surface area contributed by atoms with E-state index in [0.717, 1.165) is 17.5 Å². The summed E-state index contributed by atoms with van der Waals surface area (Å²) in [6.45, 7) is 8.77. The highest BCUT2D eigenvalue weighted by Crippen LogP contribution is 2.33. The van der Waals surface area contributed by atoms with E-state index in [0.29, 0.717) is 5.75 Å². The zero-order valence-electron chi connectivity index (χ0n) is 18.1. The summed E-state index contributed by atoms with van der Waals surface area (Å²) in [5.41, 5.74) is 2.21. The predicted molar refractivity (Wildman–Crippen MR) is 116 cm³/mol. The summed E-state index contributed by atoms with van der Waals surface area (Å²) in [5, 5.41) is 10.5. The van der Waals surface area contributed by atoms with Crippen molar-refractivity contribution in [2.75, 3.05) is 0 Å². The number of unbranched alkanes of at least 4 members (excludes halogenated alkanes) is 12. The molecule has 0 saturated carbocycles. The van der Waals surface area contributed by atoms with Crippen LogP contribution in [0.25, 0.3) is 0 Å². The number of hydrogen-bond donors (Lipinski definition) is 1. The number of phenols is 1. The second-order valence-electron chi connectivity index (χ2n) is 9.06. The Labute approximate surface area is 163 Å². The molecular formula is C25H44O. The van der Waals surface area contributed by atoms with Crippen LogP contribution in [0.5, 0.6) is 5.75 Å². The zero-order chi connectivity index (χ0) is 19.3. The van der Waals surface area contributed by atoms with Crippen molar-refractivity contribution in [2.45, 2.75) is 123 Å². The molecule has 150 valence electrons. The van der Waals surface area contributed by atoms with Gasteiger partial charge in [0, 0.05) is 0 Å². The highest BCUT2D eigenvalue weighted by Gasteiger charge is 2.19. The van der Waals surface area contributed by atoms with E-state index in [1.807, 2.05) is 0 Å². The second-order valence-corrected chi connectivity index (χ2v) is 9.06. The molecule has 1 heteroatoms. The van der Waals surface area contributed by atoms with Crippen molar-refractivity contribution in [3.63, 3.8) is 0 Å². The molecule has 0 unspecified atom stereocenters. The van der Waals surface area contributed by atoms with Crippen molar-refractivity contribution >= 4 is 0 Å². The van der Waals surface area contributed by atoms with Gasteiger partial charge in [0.15, 0.2) is 0 Å². The Hall–Kier alpha value is -0.980. The Morgan fingerprint density at radius 2 is 1.15 bits per heavy atom. The normalized spacial score (nSPS) is 11.8. The first kappa shape index (κ1) is 23.1. The predicted octanol–water partition coefficient (Wildman–Crippen LogP) is 8.32. The van der Waals surface area contributed by atoms with Crippen molar-refractivity contribution < 1.29 is 5.11 Å². The number of aromatic hydroxyl groups is 1. The fourth-order valence-electron chi connectivity index (χ4n) is 3.73. The minimum Gasteiger partial charge on any atom is -0.507 e. The first-order chi connectivity index (χ1) is 12.5. The molecule has 0 aromatic heterocycles. The van der Waals surface area contributed by atoms with E-state index in [4.69, 9.17) is 0 Å². The van der Waals surface area contributed by atoms with Gasteiger partial charge in [0.2, 0.25) is 0 Å². The maximum absolute atomic E-state index is 10.5. The monoisotopic (exact) mass is 360 g/mol. The molecule has 0 heterocycles. The Kier molecular flexibility index (Phi) is 11.7. The maximum Gasteiger partial charge on any atom is 0.122 e. The van der Waals surface area contributed by atoms with Crippen LogP contribution in [-0.2, 0) is 11.8 Å². The number of aryl methyl sites for hydroxylation is 1. The molecule has 0 aliphatic heterocycles. The van der Waals surface area contributed by atoms with Gasteiger partial charge in [0.1, 0.15) is 5.75 Å². The molecule has 0 amide bonds. The third-order valence-electron chi connectivity index (χ3n) is 5.48. The molecule has 0 aliphatic rings. The quantitative estimate of drug-likeness (QED) is 0.331. The van der Waals surface area contributed by atoms with Gasteiger partial charge in [-0.25, -0.2) is 0 Å². The van der Waals surface area contributed by atoms with Crippen LogP contribution in [-0.4, -0.2) is 5.11 Å². The van der Waals surface area contributed by atoms with Crippen LogP contribution >= 0.6 is 0 Å². The molecule has 0 aliphatic carbocycles. The lowest BCUT2D eigenvalue weighted by Gasteiger charge is -2.21. The molecule has 0 bridgehead atoms. The molecule has 1 aromatic rings. The number of para-hydroxylation sites is 1. The summed E-state index contributed by atoms with van der Waals surface area (Å²) in [7, 11) is 0. The Morgan fingerprint density at radius 3 is 1.62 bits per heavy atom. The van der Waals surface area contributed by atoms with Crippen LogP contribution in [0.3, 0.4) is 0 Å². The standard InChI is InChI=1S/C25H44O/c1-5-6-7-8-9-10-11-12-13-14-15-16-17-19-22-20-18-21-23(24(22)26)25(2,3)4/h18,20-21,26H,5-17,19H2,1-4H3. The molecule has 1 N–H and O–H groups in total. The van der Waals surface area contributed by atoms with Gasteiger partial charge >= 0.3 is 0 Å². The first-order valence-corrected chi connectivity index (χ1v) is 11.3. The highest BCUT2D eigenvalue weighted by molar-refractivity contribution is 5.44. The lowest BCUT2D eigenvalue weighted by atomic mass is 9.84. The Morgan fingerprint density at radius 1 is 0.692 bits per heavy atom. The summed E-state index contributed by atoms with van der Waals surface area (Å²) in [5.74, 6) is 0.527. The van der Waals surface area contributed by atoms with E-state index >= 15 is 0 Å². The van der Waals surface area contributed by atoms with Crippen LogP contribution in [0, 0.1) is 0 Å². The third kappa shape index (κ3) is 9.64. The summed E-state index contributed by atoms with van der Waals surface area (Å²) >= 11 is 0. The molecule has 0 radical (unpaired) electrons. The van der Waals surface area contributed by atoms with Crippen molar-refractivity contribution in [1.29, 1.82) is 0 Å². The van der Waals surface area contributed by atoms with Crippen LogP contribution in [0.4, 0.5) is 0 Å². The van der Waals surface area contributed by atoms with Crippen molar-refractivity contribution in [3.8, 4) is 5.75 Å². The highest BCUT2D eigenvalue weighted by atomic mass is 16.3. The average Bonchev–Trinajstić information content (AvgIpc) is 2.59. The molecule has 1 aromatic carbocycles. The molecular weight excluding hydrogens is 316 g/mol. The van der Waals surface area contributed by atoms with Crippen LogP contribution in [0.15, 0.2) is 18.2 Å². The fourth-order valence-corrected chi connectivity index (χ4v) is 3.73. The van der Waals surface area contributed by atoms with Crippen molar-refractivity contribution in [3.05, 3.63) is 29.3 Å².